The maximum Gasteiger partial charge on any atom is 0.393 e. The van der Waals surface area contributed by atoms with Crippen LogP contribution in [0.5, 0.6) is 0 Å². The zero-order valence-corrected chi connectivity index (χ0v) is 12.5. The number of rotatable bonds is 5. The van der Waals surface area contributed by atoms with Gasteiger partial charge in [-0.2, -0.15) is 18.2 Å². The van der Waals surface area contributed by atoms with Crippen molar-refractivity contribution in [1.29, 1.82) is 0 Å². The molecule has 0 aromatic carbocycles. The zero-order valence-electron chi connectivity index (χ0n) is 12.5. The fourth-order valence-electron chi connectivity index (χ4n) is 2.56. The molecule has 1 atom stereocenters. The Hall–Kier alpha value is -1.60. The molecular weight excluding hydrogens is 299 g/mol. The summed E-state index contributed by atoms with van der Waals surface area (Å²) in [6, 6.07) is 0. The van der Waals surface area contributed by atoms with Gasteiger partial charge < -0.3 is 9.42 Å². The minimum absolute atomic E-state index is 0.0946. The monoisotopic (exact) mass is 319 g/mol. The second-order valence-electron chi connectivity index (χ2n) is 5.57. The van der Waals surface area contributed by atoms with E-state index in [1.54, 1.807) is 0 Å². The molecule has 0 saturated carbocycles. The number of hydrogen-bond acceptors (Lipinski definition) is 4. The number of amides is 1. The van der Waals surface area contributed by atoms with Gasteiger partial charge in [0.1, 0.15) is 0 Å². The van der Waals surface area contributed by atoms with E-state index in [4.69, 9.17) is 4.52 Å². The Morgan fingerprint density at radius 3 is 2.86 bits per heavy atom. The molecule has 5 nitrogen and oxygen atoms in total. The number of hydrogen-bond donors (Lipinski definition) is 0. The predicted molar refractivity (Wildman–Crippen MR) is 72.0 cm³/mol. The van der Waals surface area contributed by atoms with Gasteiger partial charge in [-0.05, 0) is 19.3 Å². The zero-order chi connectivity index (χ0) is 16.2. The highest BCUT2D eigenvalue weighted by molar-refractivity contribution is 5.76. The third-order valence-electron chi connectivity index (χ3n) is 3.77. The van der Waals surface area contributed by atoms with Crippen LogP contribution in [0.3, 0.4) is 0 Å². The normalized spacial score (nSPS) is 19.5. The van der Waals surface area contributed by atoms with Crippen molar-refractivity contribution in [1.82, 2.24) is 15.0 Å². The lowest BCUT2D eigenvalue weighted by molar-refractivity contribution is -0.188. The first-order chi connectivity index (χ1) is 10.4. The number of alkyl halides is 3. The number of aryl methyl sites for hydroxylation is 2. The van der Waals surface area contributed by atoms with E-state index < -0.39 is 12.1 Å². The highest BCUT2D eigenvalue weighted by Crippen LogP contribution is 2.33. The van der Waals surface area contributed by atoms with E-state index >= 15 is 0 Å². The number of halogens is 3. The molecule has 1 unspecified atom stereocenters. The molecule has 2 heterocycles. The van der Waals surface area contributed by atoms with E-state index in [9.17, 15) is 18.0 Å². The largest absolute Gasteiger partial charge is 0.393 e. The second kappa shape index (κ2) is 7.11. The topological polar surface area (TPSA) is 59.2 Å². The Balaban J connectivity index is 1.83. The molecule has 0 aliphatic carbocycles. The quantitative estimate of drug-likeness (QED) is 0.837. The van der Waals surface area contributed by atoms with E-state index in [0.29, 0.717) is 31.1 Å². The van der Waals surface area contributed by atoms with Crippen LogP contribution >= 0.6 is 0 Å². The van der Waals surface area contributed by atoms with Gasteiger partial charge in [0.05, 0.1) is 5.92 Å². The van der Waals surface area contributed by atoms with Crippen molar-refractivity contribution >= 4 is 5.91 Å². The summed E-state index contributed by atoms with van der Waals surface area (Å²) in [6.07, 6.45) is -1.79. The van der Waals surface area contributed by atoms with Crippen molar-refractivity contribution in [3.63, 3.8) is 0 Å². The molecule has 0 bridgehead atoms. The van der Waals surface area contributed by atoms with E-state index in [1.165, 1.54) is 4.90 Å². The lowest BCUT2D eigenvalue weighted by Gasteiger charge is -2.33. The fourth-order valence-corrected chi connectivity index (χ4v) is 2.56. The molecule has 124 valence electrons. The number of carbonyl (C=O) groups is 1. The molecular formula is C14H20F3N3O2. The fraction of sp³-hybridized carbons (Fsp3) is 0.786. The Morgan fingerprint density at radius 2 is 2.18 bits per heavy atom. The average molecular weight is 319 g/mol. The third-order valence-corrected chi connectivity index (χ3v) is 3.77. The SMILES string of the molecule is CCCc1noc(CCC(=O)N2CCCC(C(F)(F)F)C2)n1. The first-order valence-corrected chi connectivity index (χ1v) is 7.56. The van der Waals surface area contributed by atoms with E-state index in [1.807, 2.05) is 6.92 Å². The number of likely N-dealkylation sites (tertiary alicyclic amines) is 1. The third kappa shape index (κ3) is 4.45. The Kier molecular flexibility index (Phi) is 5.42. The van der Waals surface area contributed by atoms with Crippen molar-refractivity contribution in [2.75, 3.05) is 13.1 Å². The molecule has 8 heteroatoms. The van der Waals surface area contributed by atoms with Crippen molar-refractivity contribution in [2.45, 2.75) is 51.6 Å². The summed E-state index contributed by atoms with van der Waals surface area (Å²) >= 11 is 0. The van der Waals surface area contributed by atoms with Crippen LogP contribution < -0.4 is 0 Å². The van der Waals surface area contributed by atoms with Crippen LogP contribution in [-0.2, 0) is 17.6 Å². The van der Waals surface area contributed by atoms with E-state index in [2.05, 4.69) is 10.1 Å². The molecule has 0 spiro atoms. The smallest absolute Gasteiger partial charge is 0.342 e. The molecule has 1 aliphatic heterocycles. The molecule has 1 aromatic heterocycles. The van der Waals surface area contributed by atoms with Crippen molar-refractivity contribution in [2.24, 2.45) is 5.92 Å². The van der Waals surface area contributed by atoms with E-state index in [0.717, 1.165) is 6.42 Å². The van der Waals surface area contributed by atoms with Crippen LogP contribution in [0.2, 0.25) is 0 Å². The van der Waals surface area contributed by atoms with Gasteiger partial charge in [0.15, 0.2) is 5.82 Å². The highest BCUT2D eigenvalue weighted by atomic mass is 19.4. The molecule has 1 fully saturated rings. The molecule has 1 amide bonds. The van der Waals surface area contributed by atoms with Gasteiger partial charge in [-0.3, -0.25) is 4.79 Å². The molecule has 2 rings (SSSR count). The molecule has 0 radical (unpaired) electrons. The Labute approximate surface area is 126 Å². The van der Waals surface area contributed by atoms with Gasteiger partial charge in [0.2, 0.25) is 11.8 Å². The molecule has 1 aliphatic rings. The lowest BCUT2D eigenvalue weighted by atomic mass is 9.97. The number of nitrogens with zero attached hydrogens (tertiary/aromatic N) is 3. The second-order valence-corrected chi connectivity index (χ2v) is 5.57. The van der Waals surface area contributed by atoms with Gasteiger partial charge in [0.25, 0.3) is 0 Å². The average Bonchev–Trinajstić information content (AvgIpc) is 2.92. The maximum absolute atomic E-state index is 12.7. The summed E-state index contributed by atoms with van der Waals surface area (Å²) in [6.45, 7) is 2.14. The van der Waals surface area contributed by atoms with Crippen LogP contribution in [0.25, 0.3) is 0 Å². The molecule has 0 N–H and O–H groups in total. The minimum Gasteiger partial charge on any atom is -0.342 e. The minimum atomic E-state index is -4.24. The predicted octanol–water partition coefficient (Wildman–Crippen LogP) is 2.76. The van der Waals surface area contributed by atoms with Crippen molar-refractivity contribution in [3.8, 4) is 0 Å². The Bertz CT molecular complexity index is 502. The summed E-state index contributed by atoms with van der Waals surface area (Å²) in [5.41, 5.74) is 0. The van der Waals surface area contributed by atoms with Gasteiger partial charge in [-0.25, -0.2) is 0 Å². The summed E-state index contributed by atoms with van der Waals surface area (Å²) < 4.78 is 43.2. The summed E-state index contributed by atoms with van der Waals surface area (Å²) in [5.74, 6) is -0.741. The summed E-state index contributed by atoms with van der Waals surface area (Å²) in [7, 11) is 0. The van der Waals surface area contributed by atoms with Gasteiger partial charge in [-0.15, -0.1) is 0 Å². The Morgan fingerprint density at radius 1 is 1.41 bits per heavy atom. The van der Waals surface area contributed by atoms with Gasteiger partial charge in [0, 0.05) is 32.4 Å². The lowest BCUT2D eigenvalue weighted by Crippen LogP contribution is -2.44. The maximum atomic E-state index is 12.7. The van der Waals surface area contributed by atoms with Gasteiger partial charge >= 0.3 is 6.18 Å². The summed E-state index contributed by atoms with van der Waals surface area (Å²) in [5, 5.41) is 3.78. The molecule has 22 heavy (non-hydrogen) atoms. The van der Waals surface area contributed by atoms with Crippen molar-refractivity contribution in [3.05, 3.63) is 11.7 Å². The highest BCUT2D eigenvalue weighted by Gasteiger charge is 2.42. The standard InChI is InChI=1S/C14H20F3N3O2/c1-2-4-11-18-12(22-19-11)6-7-13(21)20-8-3-5-10(9-20)14(15,16)17/h10H,2-9H2,1H3. The number of piperidine rings is 1. The molecule has 1 saturated heterocycles. The van der Waals surface area contributed by atoms with Crippen LogP contribution in [0.15, 0.2) is 4.52 Å². The summed E-state index contributed by atoms with van der Waals surface area (Å²) in [4.78, 5) is 17.5. The number of carbonyl (C=O) groups excluding carboxylic acids is 1. The number of aromatic nitrogens is 2. The van der Waals surface area contributed by atoms with Gasteiger partial charge in [-0.1, -0.05) is 12.1 Å². The van der Waals surface area contributed by atoms with Crippen LogP contribution in [0, 0.1) is 5.92 Å². The van der Waals surface area contributed by atoms with Crippen LogP contribution in [0.1, 0.15) is 44.3 Å². The first kappa shape index (κ1) is 16.8. The van der Waals surface area contributed by atoms with Crippen LogP contribution in [-0.4, -0.2) is 40.2 Å². The molecule has 1 aromatic rings. The first-order valence-electron chi connectivity index (χ1n) is 7.56. The van der Waals surface area contributed by atoms with Crippen LogP contribution in [0.4, 0.5) is 13.2 Å². The van der Waals surface area contributed by atoms with E-state index in [-0.39, 0.29) is 31.7 Å². The van der Waals surface area contributed by atoms with Crippen molar-refractivity contribution < 1.29 is 22.5 Å².